The van der Waals surface area contributed by atoms with Crippen LogP contribution >= 0.6 is 27.3 Å². The molecule has 18 heavy (non-hydrogen) atoms. The molecule has 1 heterocycles. The summed E-state index contributed by atoms with van der Waals surface area (Å²) in [5.74, 6) is 5.70. The Morgan fingerprint density at radius 3 is 2.50 bits per heavy atom. The summed E-state index contributed by atoms with van der Waals surface area (Å²) in [6.07, 6.45) is 0.917. The minimum absolute atomic E-state index is 0.157. The van der Waals surface area contributed by atoms with Crippen molar-refractivity contribution in [3.63, 3.8) is 0 Å². The van der Waals surface area contributed by atoms with Crippen LogP contribution in [-0.4, -0.2) is 0 Å². The molecule has 0 saturated carbocycles. The highest BCUT2D eigenvalue weighted by Crippen LogP contribution is 2.27. The Morgan fingerprint density at radius 1 is 1.33 bits per heavy atom. The monoisotopic (exact) mass is 324 g/mol. The number of rotatable bonds is 4. The van der Waals surface area contributed by atoms with Gasteiger partial charge in [0, 0.05) is 4.47 Å². The van der Waals surface area contributed by atoms with Gasteiger partial charge in [0.25, 0.3) is 0 Å². The van der Waals surface area contributed by atoms with Gasteiger partial charge in [-0.3, -0.25) is 11.3 Å². The molecule has 1 aromatic carbocycles. The summed E-state index contributed by atoms with van der Waals surface area (Å²) >= 11 is 5.31. The lowest BCUT2D eigenvalue weighted by Crippen LogP contribution is -2.29. The molecule has 1 unspecified atom stereocenters. The molecule has 4 heteroatoms. The van der Waals surface area contributed by atoms with Crippen molar-refractivity contribution in [2.24, 2.45) is 5.84 Å². The van der Waals surface area contributed by atoms with E-state index in [0.717, 1.165) is 6.42 Å². The highest BCUT2D eigenvalue weighted by atomic mass is 79.9. The summed E-state index contributed by atoms with van der Waals surface area (Å²) in [6, 6.07) is 6.68. The van der Waals surface area contributed by atoms with Crippen molar-refractivity contribution in [1.82, 2.24) is 5.43 Å². The zero-order valence-corrected chi connectivity index (χ0v) is 12.9. The van der Waals surface area contributed by atoms with Crippen molar-refractivity contribution in [2.45, 2.75) is 26.3 Å². The number of hydrogen-bond donors (Lipinski definition) is 2. The molecule has 0 fully saturated rings. The van der Waals surface area contributed by atoms with Crippen LogP contribution < -0.4 is 11.3 Å². The summed E-state index contributed by atoms with van der Waals surface area (Å²) in [5.41, 5.74) is 7.97. The smallest absolute Gasteiger partial charge is 0.0500 e. The number of halogens is 1. The van der Waals surface area contributed by atoms with Crippen LogP contribution in [0.25, 0.3) is 0 Å². The van der Waals surface area contributed by atoms with Crippen LogP contribution in [0.2, 0.25) is 0 Å². The average Bonchev–Trinajstić information content (AvgIpc) is 2.85. The van der Waals surface area contributed by atoms with Crippen LogP contribution in [0.1, 0.15) is 28.3 Å². The molecule has 3 N–H and O–H groups in total. The predicted molar refractivity (Wildman–Crippen MR) is 81.7 cm³/mol. The fourth-order valence-electron chi connectivity index (χ4n) is 2.10. The molecule has 0 bridgehead atoms. The van der Waals surface area contributed by atoms with Crippen LogP contribution in [0, 0.1) is 13.8 Å². The number of thiophene rings is 1. The quantitative estimate of drug-likeness (QED) is 0.661. The van der Waals surface area contributed by atoms with E-state index in [1.54, 1.807) is 11.3 Å². The summed E-state index contributed by atoms with van der Waals surface area (Å²) in [7, 11) is 0. The van der Waals surface area contributed by atoms with Crippen molar-refractivity contribution in [3.05, 3.63) is 55.7 Å². The molecule has 0 aliphatic rings. The third-order valence-electron chi connectivity index (χ3n) is 3.08. The first kappa shape index (κ1) is 13.7. The zero-order chi connectivity index (χ0) is 13.1. The molecule has 96 valence electrons. The molecular formula is C14H17BrN2S. The maximum atomic E-state index is 5.70. The Morgan fingerprint density at radius 2 is 2.00 bits per heavy atom. The SMILES string of the molecule is Cc1cc(C(Cc2ccsc2)NN)cc(C)c1Br. The van der Waals surface area contributed by atoms with Gasteiger partial charge in [0.1, 0.15) is 0 Å². The Labute approximate surface area is 120 Å². The lowest BCUT2D eigenvalue weighted by Gasteiger charge is -2.18. The molecule has 0 aliphatic carbocycles. The lowest BCUT2D eigenvalue weighted by atomic mass is 9.97. The summed E-state index contributed by atoms with van der Waals surface area (Å²) in [5, 5.41) is 4.27. The van der Waals surface area contributed by atoms with E-state index in [1.165, 1.54) is 26.7 Å². The number of nitrogens with one attached hydrogen (secondary N) is 1. The highest BCUT2D eigenvalue weighted by molar-refractivity contribution is 9.10. The van der Waals surface area contributed by atoms with Gasteiger partial charge in [-0.05, 0) is 59.3 Å². The normalized spacial score (nSPS) is 12.7. The standard InChI is InChI=1S/C14H17BrN2S/c1-9-5-12(6-10(2)14(9)15)13(17-16)7-11-3-4-18-8-11/h3-6,8,13,17H,7,16H2,1-2H3. The van der Waals surface area contributed by atoms with Crippen molar-refractivity contribution in [3.8, 4) is 0 Å². The summed E-state index contributed by atoms with van der Waals surface area (Å²) in [4.78, 5) is 0. The van der Waals surface area contributed by atoms with Gasteiger partial charge >= 0.3 is 0 Å². The average molecular weight is 325 g/mol. The van der Waals surface area contributed by atoms with Crippen molar-refractivity contribution < 1.29 is 0 Å². The topological polar surface area (TPSA) is 38.0 Å². The second-order valence-electron chi connectivity index (χ2n) is 4.52. The van der Waals surface area contributed by atoms with Crippen molar-refractivity contribution in [2.75, 3.05) is 0 Å². The largest absolute Gasteiger partial charge is 0.271 e. The van der Waals surface area contributed by atoms with E-state index in [-0.39, 0.29) is 6.04 Å². The molecule has 0 saturated heterocycles. The van der Waals surface area contributed by atoms with Crippen molar-refractivity contribution >= 4 is 27.3 Å². The highest BCUT2D eigenvalue weighted by Gasteiger charge is 2.13. The van der Waals surface area contributed by atoms with E-state index in [1.807, 2.05) is 0 Å². The molecule has 1 aromatic heterocycles. The van der Waals surface area contributed by atoms with Gasteiger partial charge in [-0.2, -0.15) is 11.3 Å². The zero-order valence-electron chi connectivity index (χ0n) is 10.5. The van der Waals surface area contributed by atoms with E-state index in [0.29, 0.717) is 0 Å². The number of aryl methyl sites for hydroxylation is 2. The maximum Gasteiger partial charge on any atom is 0.0500 e. The van der Waals surface area contributed by atoms with Gasteiger partial charge in [0.2, 0.25) is 0 Å². The van der Waals surface area contributed by atoms with E-state index in [4.69, 9.17) is 5.84 Å². The molecule has 2 aromatic rings. The Kier molecular flexibility index (Phi) is 4.56. The number of hydrogen-bond acceptors (Lipinski definition) is 3. The second-order valence-corrected chi connectivity index (χ2v) is 6.10. The molecule has 0 amide bonds. The Bertz CT molecular complexity index is 500. The first-order valence-electron chi connectivity index (χ1n) is 5.85. The molecule has 0 spiro atoms. The molecular weight excluding hydrogens is 308 g/mol. The summed E-state index contributed by atoms with van der Waals surface area (Å²) in [6.45, 7) is 4.22. The van der Waals surface area contributed by atoms with Gasteiger partial charge in [-0.15, -0.1) is 0 Å². The minimum atomic E-state index is 0.157. The van der Waals surface area contributed by atoms with E-state index in [9.17, 15) is 0 Å². The van der Waals surface area contributed by atoms with Crippen molar-refractivity contribution in [1.29, 1.82) is 0 Å². The van der Waals surface area contributed by atoms with Gasteiger partial charge < -0.3 is 0 Å². The molecule has 0 radical (unpaired) electrons. The first-order chi connectivity index (χ1) is 8.61. The summed E-state index contributed by atoms with van der Waals surface area (Å²) < 4.78 is 1.18. The van der Waals surface area contributed by atoms with Gasteiger partial charge in [-0.25, -0.2) is 0 Å². The van der Waals surface area contributed by atoms with E-state index < -0.39 is 0 Å². The van der Waals surface area contributed by atoms with Gasteiger partial charge in [0.05, 0.1) is 6.04 Å². The van der Waals surface area contributed by atoms with E-state index in [2.05, 4.69) is 64.2 Å². The Balaban J connectivity index is 2.27. The minimum Gasteiger partial charge on any atom is -0.271 e. The molecule has 2 rings (SSSR count). The first-order valence-corrected chi connectivity index (χ1v) is 7.59. The third-order valence-corrected chi connectivity index (χ3v) is 5.07. The van der Waals surface area contributed by atoms with Gasteiger partial charge in [-0.1, -0.05) is 28.1 Å². The van der Waals surface area contributed by atoms with Crippen LogP contribution in [0.4, 0.5) is 0 Å². The Hall–Kier alpha value is -0.680. The van der Waals surface area contributed by atoms with Crippen LogP contribution in [0.15, 0.2) is 33.4 Å². The fourth-order valence-corrected chi connectivity index (χ4v) is 3.01. The molecule has 1 atom stereocenters. The van der Waals surface area contributed by atoms with E-state index >= 15 is 0 Å². The lowest BCUT2D eigenvalue weighted by molar-refractivity contribution is 0.552. The third kappa shape index (κ3) is 3.01. The number of hydrazine groups is 1. The van der Waals surface area contributed by atoms with Crippen LogP contribution in [0.5, 0.6) is 0 Å². The van der Waals surface area contributed by atoms with Crippen LogP contribution in [0.3, 0.4) is 0 Å². The molecule has 2 nitrogen and oxygen atoms in total. The van der Waals surface area contributed by atoms with Gasteiger partial charge in [0.15, 0.2) is 0 Å². The fraction of sp³-hybridized carbons (Fsp3) is 0.286. The number of nitrogens with two attached hydrogens (primary N) is 1. The predicted octanol–water partition coefficient (Wildman–Crippen LogP) is 3.87. The maximum absolute atomic E-state index is 5.70. The second kappa shape index (κ2) is 5.97. The van der Waals surface area contributed by atoms with Crippen LogP contribution in [-0.2, 0) is 6.42 Å². The number of benzene rings is 1. The molecule has 0 aliphatic heterocycles.